The summed E-state index contributed by atoms with van der Waals surface area (Å²) in [7, 11) is -3.32. The Hall–Kier alpha value is -3.82. The molecule has 0 amide bonds. The van der Waals surface area contributed by atoms with Gasteiger partial charge in [-0.25, -0.2) is 4.98 Å². The van der Waals surface area contributed by atoms with Crippen LogP contribution in [0.5, 0.6) is 5.75 Å². The maximum absolute atomic E-state index is 12.7. The Kier molecular flexibility index (Phi) is 5.49. The van der Waals surface area contributed by atoms with Gasteiger partial charge in [-0.3, -0.25) is 9.82 Å². The van der Waals surface area contributed by atoms with E-state index < -0.39 is 9.06 Å². The summed E-state index contributed by atoms with van der Waals surface area (Å²) in [6.45, 7) is 0. The summed E-state index contributed by atoms with van der Waals surface area (Å²) in [6.07, 6.45) is 1.24. The van der Waals surface area contributed by atoms with Gasteiger partial charge in [0.25, 0.3) is 9.06 Å². The van der Waals surface area contributed by atoms with Gasteiger partial charge < -0.3 is 5.11 Å². The number of phenols is 1. The molecule has 9 heteroatoms. The lowest BCUT2D eigenvalue weighted by atomic mass is 9.96. The molecule has 5 aromatic rings. The molecule has 0 radical (unpaired) electrons. The van der Waals surface area contributed by atoms with E-state index in [1.165, 1.54) is 6.33 Å². The first kappa shape index (κ1) is 21.0. The molecule has 0 saturated heterocycles. The lowest BCUT2D eigenvalue weighted by molar-refractivity contribution is 0.483. The quantitative estimate of drug-likeness (QED) is 0.223. The highest BCUT2D eigenvalue weighted by molar-refractivity contribution is 8.72. The predicted molar refractivity (Wildman–Crippen MR) is 131 cm³/mol. The number of aromatic hydroxyl groups is 1. The predicted octanol–water partition coefficient (Wildman–Crippen LogP) is 5.45. The topological polar surface area (TPSA) is 108 Å². The van der Waals surface area contributed by atoms with E-state index in [4.69, 9.17) is 0 Å². The Balaban J connectivity index is 1.57. The monoisotopic (exact) mass is 474 g/mol. The van der Waals surface area contributed by atoms with Crippen LogP contribution in [0, 0.1) is 0 Å². The van der Waals surface area contributed by atoms with E-state index in [2.05, 4.69) is 19.9 Å². The van der Waals surface area contributed by atoms with Crippen molar-refractivity contribution < 1.29 is 13.5 Å². The van der Waals surface area contributed by atoms with Crippen LogP contribution in [0.3, 0.4) is 0 Å². The second-order valence-corrected chi connectivity index (χ2v) is 10.7. The smallest absolute Gasteiger partial charge is 0.294 e. The summed E-state index contributed by atoms with van der Waals surface area (Å²) in [5.41, 5.74) is 3.78. The molecule has 0 fully saturated rings. The number of anilines is 1. The van der Waals surface area contributed by atoms with Crippen LogP contribution in [0.15, 0.2) is 96.4 Å². The molecular weight excluding hydrogens is 456 g/mol. The lowest BCUT2D eigenvalue weighted by Crippen LogP contribution is -2.09. The van der Waals surface area contributed by atoms with Crippen molar-refractivity contribution in [3.05, 3.63) is 91.3 Å². The summed E-state index contributed by atoms with van der Waals surface area (Å²) in [5, 5.41) is 18.5. The van der Waals surface area contributed by atoms with Crippen LogP contribution in [-0.4, -0.2) is 28.7 Å². The van der Waals surface area contributed by atoms with Gasteiger partial charge in [0.2, 0.25) is 5.16 Å². The van der Waals surface area contributed by atoms with Gasteiger partial charge in [0.1, 0.15) is 12.1 Å². The van der Waals surface area contributed by atoms with Crippen LogP contribution in [0.25, 0.3) is 33.0 Å². The maximum atomic E-state index is 12.7. The Morgan fingerprint density at radius 3 is 2.15 bits per heavy atom. The minimum atomic E-state index is -3.85. The first-order valence-corrected chi connectivity index (χ1v) is 12.8. The molecule has 33 heavy (non-hydrogen) atoms. The zero-order chi connectivity index (χ0) is 22.8. The van der Waals surface area contributed by atoms with Crippen molar-refractivity contribution in [3.63, 3.8) is 0 Å². The van der Waals surface area contributed by atoms with E-state index in [0.29, 0.717) is 32.8 Å². The van der Waals surface area contributed by atoms with Gasteiger partial charge in [0.05, 0.1) is 16.5 Å². The number of rotatable bonds is 6. The molecule has 0 spiro atoms. The largest absolute Gasteiger partial charge is 0.507 e. The molecule has 0 unspecified atom stereocenters. The zero-order valence-corrected chi connectivity index (χ0v) is 18.8. The molecule has 7 nitrogen and oxygen atoms in total. The highest BCUT2D eigenvalue weighted by Gasteiger charge is 2.19. The molecule has 3 N–H and O–H groups in total. The molecule has 5 rings (SSSR count). The Morgan fingerprint density at radius 1 is 0.818 bits per heavy atom. The third kappa shape index (κ3) is 4.41. The van der Waals surface area contributed by atoms with E-state index in [1.54, 1.807) is 30.3 Å². The molecule has 1 aromatic heterocycles. The van der Waals surface area contributed by atoms with Crippen molar-refractivity contribution in [2.24, 2.45) is 0 Å². The summed E-state index contributed by atoms with van der Waals surface area (Å²) in [6, 6.07) is 26.5. The van der Waals surface area contributed by atoms with E-state index in [-0.39, 0.29) is 10.9 Å². The van der Waals surface area contributed by atoms with Gasteiger partial charge in [0, 0.05) is 16.3 Å². The lowest BCUT2D eigenvalue weighted by Gasteiger charge is -2.15. The number of nitrogens with one attached hydrogen (secondary N) is 2. The van der Waals surface area contributed by atoms with Gasteiger partial charge >= 0.3 is 0 Å². The molecule has 0 aliphatic rings. The van der Waals surface area contributed by atoms with Crippen molar-refractivity contribution in [2.75, 3.05) is 4.72 Å². The van der Waals surface area contributed by atoms with Gasteiger partial charge in [-0.2, -0.15) is 13.5 Å². The zero-order valence-electron chi connectivity index (χ0n) is 17.1. The van der Waals surface area contributed by atoms with Crippen LogP contribution in [0.1, 0.15) is 0 Å². The average molecular weight is 475 g/mol. The number of fused-ring (bicyclic) bond motifs is 1. The van der Waals surface area contributed by atoms with E-state index in [1.807, 2.05) is 54.6 Å². The first-order valence-electron chi connectivity index (χ1n) is 9.98. The number of nitrogens with zero attached hydrogens (tertiary/aromatic N) is 2. The number of benzene rings is 4. The van der Waals surface area contributed by atoms with Crippen molar-refractivity contribution in [3.8, 4) is 28.0 Å². The van der Waals surface area contributed by atoms with Gasteiger partial charge in [0.15, 0.2) is 0 Å². The second-order valence-electron chi connectivity index (χ2n) is 7.24. The maximum Gasteiger partial charge on any atom is 0.294 e. The minimum absolute atomic E-state index is 0.0869. The Morgan fingerprint density at radius 2 is 1.45 bits per heavy atom. The van der Waals surface area contributed by atoms with Crippen molar-refractivity contribution >= 4 is 36.3 Å². The highest BCUT2D eigenvalue weighted by atomic mass is 33.1. The standard InChI is InChI=1S/C24H18N4O3S2/c29-23-20-9-5-4-8-19(20)22(28-33(30,31)32-24-25-15-26-27-24)14-21(23)18-12-10-17(11-13-18)16-6-2-1-3-7-16/h1-15,28-29H,(H,25,26,27). The SMILES string of the molecule is O=S(=O)(Nc1cc(-c2ccc(-c3ccccc3)cc2)c(O)c2ccccc12)Sc1ncn[nH]1. The number of hydrogen-bond donors (Lipinski definition) is 3. The number of H-pyrrole nitrogens is 1. The number of aromatic nitrogens is 3. The van der Waals surface area contributed by atoms with Gasteiger partial charge in [-0.1, -0.05) is 78.9 Å². The van der Waals surface area contributed by atoms with Crippen LogP contribution < -0.4 is 4.72 Å². The molecule has 0 aliphatic heterocycles. The summed E-state index contributed by atoms with van der Waals surface area (Å²) in [4.78, 5) is 3.85. The van der Waals surface area contributed by atoms with Crippen LogP contribution in [0.4, 0.5) is 5.69 Å². The number of phenolic OH excluding ortho intramolecular Hbond substituents is 1. The fourth-order valence-corrected chi connectivity index (χ4v) is 5.76. The van der Waals surface area contributed by atoms with Crippen molar-refractivity contribution in [1.29, 1.82) is 0 Å². The second kappa shape index (κ2) is 8.61. The Labute approximate surface area is 194 Å². The number of aromatic amines is 1. The molecular formula is C24H18N4O3S2. The summed E-state index contributed by atoms with van der Waals surface area (Å²) < 4.78 is 28.1. The molecule has 0 bridgehead atoms. The summed E-state index contributed by atoms with van der Waals surface area (Å²) >= 11 is 0. The fraction of sp³-hybridized carbons (Fsp3) is 0. The molecule has 0 saturated carbocycles. The molecule has 164 valence electrons. The van der Waals surface area contributed by atoms with Gasteiger partial charge in [-0.15, -0.1) is 0 Å². The summed E-state index contributed by atoms with van der Waals surface area (Å²) in [5.74, 6) is 0.0869. The average Bonchev–Trinajstić information content (AvgIpc) is 3.34. The van der Waals surface area contributed by atoms with Crippen LogP contribution >= 0.6 is 10.8 Å². The van der Waals surface area contributed by atoms with Crippen LogP contribution in [-0.2, 0) is 9.06 Å². The van der Waals surface area contributed by atoms with Crippen molar-refractivity contribution in [2.45, 2.75) is 5.16 Å². The molecule has 1 heterocycles. The third-order valence-corrected chi connectivity index (χ3v) is 7.56. The van der Waals surface area contributed by atoms with E-state index >= 15 is 0 Å². The third-order valence-electron chi connectivity index (χ3n) is 5.14. The van der Waals surface area contributed by atoms with E-state index in [0.717, 1.165) is 16.7 Å². The molecule has 0 atom stereocenters. The molecule has 0 aliphatic carbocycles. The fourth-order valence-electron chi connectivity index (χ4n) is 3.63. The Bertz CT molecular complexity index is 1520. The molecule has 4 aromatic carbocycles. The normalized spacial score (nSPS) is 11.5. The van der Waals surface area contributed by atoms with Gasteiger partial charge in [-0.05, 0) is 22.8 Å². The van der Waals surface area contributed by atoms with Crippen LogP contribution in [0.2, 0.25) is 0 Å². The minimum Gasteiger partial charge on any atom is -0.507 e. The first-order chi connectivity index (χ1) is 16.0. The highest BCUT2D eigenvalue weighted by Crippen LogP contribution is 2.41. The number of hydrogen-bond acceptors (Lipinski definition) is 6. The van der Waals surface area contributed by atoms with E-state index in [9.17, 15) is 13.5 Å². The van der Waals surface area contributed by atoms with Crippen molar-refractivity contribution in [1.82, 2.24) is 15.2 Å².